The lowest BCUT2D eigenvalue weighted by atomic mass is 10.1. The van der Waals surface area contributed by atoms with Gasteiger partial charge in [0, 0.05) is 6.20 Å². The monoisotopic (exact) mass is 166 g/mol. The second-order valence-corrected chi connectivity index (χ2v) is 2.80. The third-order valence-corrected chi connectivity index (χ3v) is 1.77. The number of rotatable bonds is 3. The average molecular weight is 166 g/mol. The summed E-state index contributed by atoms with van der Waals surface area (Å²) in [6.07, 6.45) is 3.49. The minimum atomic E-state index is -0.142. The summed E-state index contributed by atoms with van der Waals surface area (Å²) in [5.74, 6) is 0.193. The Morgan fingerprint density at radius 3 is 3.00 bits per heavy atom. The molecule has 66 valence electrons. The molecule has 0 aromatic carbocycles. The molecule has 0 amide bonds. The highest BCUT2D eigenvalue weighted by Gasteiger charge is 2.09. The van der Waals surface area contributed by atoms with E-state index in [1.165, 1.54) is 0 Å². The molecule has 3 heteroatoms. The van der Waals surface area contributed by atoms with Crippen molar-refractivity contribution >= 4 is 0 Å². The topological polar surface area (TPSA) is 59.1 Å². The molecule has 0 aliphatic carbocycles. The van der Waals surface area contributed by atoms with Crippen LogP contribution in [0.3, 0.4) is 0 Å². The molecule has 1 aromatic heterocycles. The Morgan fingerprint density at radius 1 is 1.67 bits per heavy atom. The first kappa shape index (κ1) is 9.00. The molecule has 0 unspecified atom stereocenters. The van der Waals surface area contributed by atoms with E-state index in [4.69, 9.17) is 5.73 Å². The van der Waals surface area contributed by atoms with Gasteiger partial charge < -0.3 is 10.8 Å². The zero-order valence-corrected chi connectivity index (χ0v) is 7.20. The lowest BCUT2D eigenvalue weighted by Gasteiger charge is -2.10. The standard InChI is InChI=1S/C9H14N2O/c1-2-4-7(10)9-8(12)5-3-6-11-9/h3,5-7,12H,2,4,10H2,1H3/t7-/m0/s1. The maximum absolute atomic E-state index is 9.37. The van der Waals surface area contributed by atoms with Gasteiger partial charge in [0.15, 0.2) is 0 Å². The molecule has 0 spiro atoms. The van der Waals surface area contributed by atoms with Crippen LogP contribution in [0.4, 0.5) is 0 Å². The highest BCUT2D eigenvalue weighted by Crippen LogP contribution is 2.21. The molecular formula is C9H14N2O. The van der Waals surface area contributed by atoms with E-state index in [9.17, 15) is 5.11 Å². The molecule has 3 N–H and O–H groups in total. The Kier molecular flexibility index (Phi) is 3.05. The van der Waals surface area contributed by atoms with Gasteiger partial charge in [-0.1, -0.05) is 13.3 Å². The van der Waals surface area contributed by atoms with Gasteiger partial charge in [-0.15, -0.1) is 0 Å². The molecule has 1 aromatic rings. The molecule has 0 radical (unpaired) electrons. The molecule has 12 heavy (non-hydrogen) atoms. The summed E-state index contributed by atoms with van der Waals surface area (Å²) in [5.41, 5.74) is 6.38. The molecule has 0 fully saturated rings. The SMILES string of the molecule is CCC[C@H](N)c1ncccc1O. The predicted octanol–water partition coefficient (Wildman–Crippen LogP) is 1.59. The van der Waals surface area contributed by atoms with E-state index in [1.807, 2.05) is 0 Å². The Hall–Kier alpha value is -1.09. The second-order valence-electron chi connectivity index (χ2n) is 2.80. The smallest absolute Gasteiger partial charge is 0.138 e. The first-order valence-electron chi connectivity index (χ1n) is 4.15. The van der Waals surface area contributed by atoms with Crippen molar-refractivity contribution < 1.29 is 5.11 Å². The Bertz CT molecular complexity index is 250. The number of aromatic hydroxyl groups is 1. The number of hydrogen-bond donors (Lipinski definition) is 2. The van der Waals surface area contributed by atoms with Crippen LogP contribution in [0.2, 0.25) is 0 Å². The summed E-state index contributed by atoms with van der Waals surface area (Å²) >= 11 is 0. The first-order valence-corrected chi connectivity index (χ1v) is 4.15. The molecule has 0 aliphatic heterocycles. The van der Waals surface area contributed by atoms with Crippen molar-refractivity contribution in [1.82, 2.24) is 4.98 Å². The van der Waals surface area contributed by atoms with Crippen molar-refractivity contribution in [2.75, 3.05) is 0 Å². The van der Waals surface area contributed by atoms with Crippen LogP contribution >= 0.6 is 0 Å². The number of pyridine rings is 1. The Labute approximate surface area is 72.2 Å². The summed E-state index contributed by atoms with van der Waals surface area (Å²) in [6.45, 7) is 2.06. The summed E-state index contributed by atoms with van der Waals surface area (Å²) in [5, 5.41) is 9.37. The van der Waals surface area contributed by atoms with E-state index >= 15 is 0 Å². The molecule has 1 rings (SSSR count). The van der Waals surface area contributed by atoms with Crippen LogP contribution in [0, 0.1) is 0 Å². The third-order valence-electron chi connectivity index (χ3n) is 1.77. The minimum Gasteiger partial charge on any atom is -0.506 e. The molecule has 3 nitrogen and oxygen atoms in total. The van der Waals surface area contributed by atoms with Crippen LogP contribution < -0.4 is 5.73 Å². The van der Waals surface area contributed by atoms with Gasteiger partial charge in [-0.25, -0.2) is 0 Å². The maximum Gasteiger partial charge on any atom is 0.138 e. The van der Waals surface area contributed by atoms with E-state index in [1.54, 1.807) is 18.3 Å². The largest absolute Gasteiger partial charge is 0.506 e. The van der Waals surface area contributed by atoms with Gasteiger partial charge in [-0.2, -0.15) is 0 Å². The number of aromatic nitrogens is 1. The molecule has 1 atom stereocenters. The maximum atomic E-state index is 9.37. The number of nitrogens with zero attached hydrogens (tertiary/aromatic N) is 1. The van der Waals surface area contributed by atoms with Gasteiger partial charge in [-0.3, -0.25) is 4.98 Å². The van der Waals surface area contributed by atoms with Gasteiger partial charge in [0.2, 0.25) is 0 Å². The number of nitrogens with two attached hydrogens (primary N) is 1. The minimum absolute atomic E-state index is 0.142. The van der Waals surface area contributed by atoms with Gasteiger partial charge >= 0.3 is 0 Å². The summed E-state index contributed by atoms with van der Waals surface area (Å²) in [4.78, 5) is 4.02. The third kappa shape index (κ3) is 1.95. The lowest BCUT2D eigenvalue weighted by molar-refractivity contribution is 0.451. The second kappa shape index (κ2) is 4.07. The fourth-order valence-electron chi connectivity index (χ4n) is 1.14. The van der Waals surface area contributed by atoms with Crippen molar-refractivity contribution in [2.45, 2.75) is 25.8 Å². The van der Waals surface area contributed by atoms with Crippen molar-refractivity contribution in [1.29, 1.82) is 0 Å². The van der Waals surface area contributed by atoms with Crippen molar-refractivity contribution in [3.05, 3.63) is 24.0 Å². The van der Waals surface area contributed by atoms with Crippen LogP contribution in [-0.2, 0) is 0 Å². The van der Waals surface area contributed by atoms with Crippen molar-refractivity contribution in [3.63, 3.8) is 0 Å². The molecule has 0 bridgehead atoms. The molecule has 1 heterocycles. The first-order chi connectivity index (χ1) is 5.75. The van der Waals surface area contributed by atoms with E-state index in [2.05, 4.69) is 11.9 Å². The summed E-state index contributed by atoms with van der Waals surface area (Å²) in [7, 11) is 0. The zero-order valence-electron chi connectivity index (χ0n) is 7.20. The van der Waals surface area contributed by atoms with Gasteiger partial charge in [-0.05, 0) is 18.6 Å². The van der Waals surface area contributed by atoms with Crippen LogP contribution in [0.1, 0.15) is 31.5 Å². The predicted molar refractivity (Wildman–Crippen MR) is 47.7 cm³/mol. The van der Waals surface area contributed by atoms with Crippen LogP contribution in [0.5, 0.6) is 5.75 Å². The van der Waals surface area contributed by atoms with E-state index < -0.39 is 0 Å². The molecule has 0 saturated heterocycles. The summed E-state index contributed by atoms with van der Waals surface area (Å²) < 4.78 is 0. The Balaban J connectivity index is 2.79. The summed E-state index contributed by atoms with van der Waals surface area (Å²) in [6, 6.07) is 3.16. The average Bonchev–Trinajstić information content (AvgIpc) is 2.05. The Morgan fingerprint density at radius 2 is 2.42 bits per heavy atom. The fourth-order valence-corrected chi connectivity index (χ4v) is 1.14. The van der Waals surface area contributed by atoms with E-state index in [0.29, 0.717) is 5.69 Å². The van der Waals surface area contributed by atoms with Gasteiger partial charge in [0.25, 0.3) is 0 Å². The van der Waals surface area contributed by atoms with Gasteiger partial charge in [0.05, 0.1) is 11.7 Å². The van der Waals surface area contributed by atoms with Crippen molar-refractivity contribution in [2.24, 2.45) is 5.73 Å². The van der Waals surface area contributed by atoms with Crippen LogP contribution in [0.15, 0.2) is 18.3 Å². The molecule has 0 saturated carbocycles. The zero-order chi connectivity index (χ0) is 8.97. The highest BCUT2D eigenvalue weighted by molar-refractivity contribution is 5.27. The quantitative estimate of drug-likeness (QED) is 0.716. The van der Waals surface area contributed by atoms with Crippen molar-refractivity contribution in [3.8, 4) is 5.75 Å². The highest BCUT2D eigenvalue weighted by atomic mass is 16.3. The number of hydrogen-bond acceptors (Lipinski definition) is 3. The van der Waals surface area contributed by atoms with Crippen LogP contribution in [-0.4, -0.2) is 10.1 Å². The normalized spacial score (nSPS) is 12.8. The molecular weight excluding hydrogens is 152 g/mol. The lowest BCUT2D eigenvalue weighted by Crippen LogP contribution is -2.11. The van der Waals surface area contributed by atoms with E-state index in [0.717, 1.165) is 12.8 Å². The molecule has 0 aliphatic rings. The van der Waals surface area contributed by atoms with Gasteiger partial charge in [0.1, 0.15) is 5.75 Å². The fraction of sp³-hybridized carbons (Fsp3) is 0.444. The van der Waals surface area contributed by atoms with Crippen LogP contribution in [0.25, 0.3) is 0 Å². The van der Waals surface area contributed by atoms with E-state index in [-0.39, 0.29) is 11.8 Å².